The first-order valence-corrected chi connectivity index (χ1v) is 12.9. The van der Waals surface area contributed by atoms with Crippen molar-refractivity contribution in [1.29, 1.82) is 0 Å². The molecule has 1 aliphatic rings. The second-order valence-electron chi connectivity index (χ2n) is 8.66. The Labute approximate surface area is 209 Å². The lowest BCUT2D eigenvalue weighted by Gasteiger charge is -2.26. The van der Waals surface area contributed by atoms with E-state index in [1.165, 1.54) is 24.8 Å². The van der Waals surface area contributed by atoms with Gasteiger partial charge in [-0.05, 0) is 36.6 Å². The van der Waals surface area contributed by atoms with Crippen LogP contribution in [0.15, 0.2) is 53.8 Å². The number of fused-ring (bicyclic) bond motifs is 1. The van der Waals surface area contributed by atoms with Gasteiger partial charge in [-0.1, -0.05) is 55.3 Å². The van der Waals surface area contributed by atoms with Crippen molar-refractivity contribution in [2.75, 3.05) is 21.3 Å². The largest absolute Gasteiger partial charge is 0.493 e. The van der Waals surface area contributed by atoms with Crippen molar-refractivity contribution in [1.82, 2.24) is 19.7 Å². The van der Waals surface area contributed by atoms with Crippen molar-refractivity contribution < 1.29 is 14.2 Å². The maximum absolute atomic E-state index is 5.60. The molecule has 2 heterocycles. The maximum Gasteiger partial charge on any atom is 0.203 e. The molecule has 0 amide bonds. The van der Waals surface area contributed by atoms with Crippen molar-refractivity contribution in [3.63, 3.8) is 0 Å². The van der Waals surface area contributed by atoms with Crippen molar-refractivity contribution in [3.8, 4) is 28.6 Å². The Morgan fingerprint density at radius 1 is 0.914 bits per heavy atom. The fourth-order valence-corrected chi connectivity index (χ4v) is 5.87. The quantitative estimate of drug-likeness (QED) is 0.268. The molecule has 1 fully saturated rings. The standard InChI is InChI=1S/C27H30N4O3S/c1-32-22-15-20(16-23(33-2)25(22)34-3)26-29-30-27(31(26)21-12-5-4-6-13-21)35-17-19-10-7-9-18-11-8-14-28-24(18)19/h7-11,14-16,21H,4-6,12-13,17H2,1-3H3. The SMILES string of the molecule is COc1cc(-c2nnc(SCc3cccc4cccnc34)n2C2CCCCC2)cc(OC)c1OC. The van der Waals surface area contributed by atoms with E-state index in [1.54, 1.807) is 33.1 Å². The average Bonchev–Trinajstić information content (AvgIpc) is 3.35. The summed E-state index contributed by atoms with van der Waals surface area (Å²) in [5, 5.41) is 11.4. The molecule has 0 unspecified atom stereocenters. The van der Waals surface area contributed by atoms with Gasteiger partial charge in [0.05, 0.1) is 26.8 Å². The van der Waals surface area contributed by atoms with Crippen LogP contribution in [0, 0.1) is 0 Å². The molecule has 0 spiro atoms. The number of aromatic nitrogens is 4. The minimum absolute atomic E-state index is 0.362. The summed E-state index contributed by atoms with van der Waals surface area (Å²) >= 11 is 1.71. The third-order valence-electron chi connectivity index (χ3n) is 6.60. The molecule has 4 aromatic rings. The van der Waals surface area contributed by atoms with Crippen LogP contribution >= 0.6 is 11.8 Å². The van der Waals surface area contributed by atoms with E-state index in [-0.39, 0.29) is 0 Å². The summed E-state index contributed by atoms with van der Waals surface area (Å²) in [4.78, 5) is 4.62. The summed E-state index contributed by atoms with van der Waals surface area (Å²) in [5.41, 5.74) is 3.13. The Morgan fingerprint density at radius 3 is 2.37 bits per heavy atom. The number of hydrogen-bond donors (Lipinski definition) is 0. The highest BCUT2D eigenvalue weighted by atomic mass is 32.2. The lowest BCUT2D eigenvalue weighted by atomic mass is 9.95. The van der Waals surface area contributed by atoms with Crippen LogP contribution in [-0.4, -0.2) is 41.1 Å². The van der Waals surface area contributed by atoms with E-state index in [0.29, 0.717) is 23.3 Å². The molecule has 2 aromatic carbocycles. The molecule has 0 N–H and O–H groups in total. The fraction of sp³-hybridized carbons (Fsp3) is 0.370. The molecule has 0 bridgehead atoms. The van der Waals surface area contributed by atoms with Gasteiger partial charge in [-0.3, -0.25) is 9.55 Å². The zero-order valence-corrected chi connectivity index (χ0v) is 21.2. The zero-order chi connectivity index (χ0) is 24.2. The molecule has 7 nitrogen and oxygen atoms in total. The predicted molar refractivity (Wildman–Crippen MR) is 139 cm³/mol. The molecule has 35 heavy (non-hydrogen) atoms. The zero-order valence-electron chi connectivity index (χ0n) is 20.4. The molecular weight excluding hydrogens is 460 g/mol. The molecule has 0 saturated heterocycles. The van der Waals surface area contributed by atoms with E-state index < -0.39 is 0 Å². The molecule has 5 rings (SSSR count). The summed E-state index contributed by atoms with van der Waals surface area (Å²) < 4.78 is 19.1. The Hall–Kier alpha value is -3.26. The van der Waals surface area contributed by atoms with E-state index >= 15 is 0 Å². The molecule has 1 aliphatic carbocycles. The van der Waals surface area contributed by atoms with Gasteiger partial charge in [-0.25, -0.2) is 0 Å². The van der Waals surface area contributed by atoms with Gasteiger partial charge < -0.3 is 14.2 Å². The second kappa shape index (κ2) is 10.6. The topological polar surface area (TPSA) is 71.3 Å². The molecular formula is C27H30N4O3S. The Kier molecular flexibility index (Phi) is 7.08. The molecule has 0 atom stereocenters. The number of hydrogen-bond acceptors (Lipinski definition) is 7. The van der Waals surface area contributed by atoms with Crippen LogP contribution in [0.25, 0.3) is 22.3 Å². The molecule has 0 aliphatic heterocycles. The van der Waals surface area contributed by atoms with Crippen LogP contribution in [0.2, 0.25) is 0 Å². The van der Waals surface area contributed by atoms with Crippen molar-refractivity contribution >= 4 is 22.7 Å². The van der Waals surface area contributed by atoms with Crippen molar-refractivity contribution in [3.05, 3.63) is 54.2 Å². The van der Waals surface area contributed by atoms with Crippen LogP contribution in [0.5, 0.6) is 17.2 Å². The van der Waals surface area contributed by atoms with Gasteiger partial charge in [0.2, 0.25) is 5.75 Å². The minimum atomic E-state index is 0.362. The number of nitrogens with zero attached hydrogens (tertiary/aromatic N) is 4. The Morgan fingerprint density at radius 2 is 1.66 bits per heavy atom. The molecule has 1 saturated carbocycles. The third-order valence-corrected chi connectivity index (χ3v) is 7.59. The summed E-state index contributed by atoms with van der Waals surface area (Å²) in [7, 11) is 4.88. The number of thioether (sulfide) groups is 1. The van der Waals surface area contributed by atoms with E-state index in [2.05, 4.69) is 44.0 Å². The summed E-state index contributed by atoms with van der Waals surface area (Å²) in [6, 6.07) is 14.7. The van der Waals surface area contributed by atoms with Gasteiger partial charge in [-0.15, -0.1) is 10.2 Å². The Bertz CT molecular complexity index is 1290. The molecule has 2 aromatic heterocycles. The number of pyridine rings is 1. The monoisotopic (exact) mass is 490 g/mol. The lowest BCUT2D eigenvalue weighted by molar-refractivity contribution is 0.324. The van der Waals surface area contributed by atoms with Gasteiger partial charge in [0.25, 0.3) is 0 Å². The van der Waals surface area contributed by atoms with Crippen LogP contribution in [-0.2, 0) is 5.75 Å². The number of ether oxygens (including phenoxy) is 3. The first-order chi connectivity index (χ1) is 17.2. The number of methoxy groups -OCH3 is 3. The minimum Gasteiger partial charge on any atom is -0.493 e. The van der Waals surface area contributed by atoms with Gasteiger partial charge in [0, 0.05) is 28.9 Å². The van der Waals surface area contributed by atoms with Crippen LogP contribution in [0.4, 0.5) is 0 Å². The number of para-hydroxylation sites is 1. The summed E-state index contributed by atoms with van der Waals surface area (Å²) in [5.74, 6) is 3.39. The highest BCUT2D eigenvalue weighted by molar-refractivity contribution is 7.98. The number of benzene rings is 2. The van der Waals surface area contributed by atoms with E-state index in [1.807, 2.05) is 24.4 Å². The summed E-state index contributed by atoms with van der Waals surface area (Å²) in [6.07, 6.45) is 7.81. The van der Waals surface area contributed by atoms with Gasteiger partial charge in [-0.2, -0.15) is 0 Å². The fourth-order valence-electron chi connectivity index (χ4n) is 4.88. The van der Waals surface area contributed by atoms with Gasteiger partial charge in [0.1, 0.15) is 0 Å². The summed E-state index contributed by atoms with van der Waals surface area (Å²) in [6.45, 7) is 0. The molecule has 182 valence electrons. The lowest BCUT2D eigenvalue weighted by Crippen LogP contribution is -2.15. The second-order valence-corrected chi connectivity index (χ2v) is 9.61. The highest BCUT2D eigenvalue weighted by Gasteiger charge is 2.26. The van der Waals surface area contributed by atoms with Gasteiger partial charge >= 0.3 is 0 Å². The normalized spacial score (nSPS) is 14.3. The molecule has 0 radical (unpaired) electrons. The predicted octanol–water partition coefficient (Wildman–Crippen LogP) is 6.32. The highest BCUT2D eigenvalue weighted by Crippen LogP contribution is 2.43. The maximum atomic E-state index is 5.60. The molecule has 8 heteroatoms. The Balaban J connectivity index is 1.54. The van der Waals surface area contributed by atoms with Crippen LogP contribution < -0.4 is 14.2 Å². The van der Waals surface area contributed by atoms with Crippen LogP contribution in [0.1, 0.15) is 43.7 Å². The first-order valence-electron chi connectivity index (χ1n) is 11.9. The average molecular weight is 491 g/mol. The van der Waals surface area contributed by atoms with E-state index in [9.17, 15) is 0 Å². The van der Waals surface area contributed by atoms with Crippen molar-refractivity contribution in [2.24, 2.45) is 0 Å². The third kappa shape index (κ3) is 4.67. The van der Waals surface area contributed by atoms with E-state index in [4.69, 9.17) is 14.2 Å². The smallest absolute Gasteiger partial charge is 0.203 e. The van der Waals surface area contributed by atoms with E-state index in [0.717, 1.165) is 46.0 Å². The van der Waals surface area contributed by atoms with Crippen LogP contribution in [0.3, 0.4) is 0 Å². The first kappa shape index (κ1) is 23.5. The van der Waals surface area contributed by atoms with Gasteiger partial charge in [0.15, 0.2) is 22.5 Å². The number of rotatable bonds is 8. The van der Waals surface area contributed by atoms with Crippen molar-refractivity contribution in [2.45, 2.75) is 49.1 Å².